The molecule has 0 spiro atoms. The van der Waals surface area contributed by atoms with Crippen LogP contribution in [0.2, 0.25) is 0 Å². The lowest BCUT2D eigenvalue weighted by atomic mass is 10.1. The average molecular weight is 236 g/mol. The molecule has 94 valence electrons. The predicted octanol–water partition coefficient (Wildman–Crippen LogP) is 3.19. The molecule has 0 aliphatic rings. The molecule has 0 heterocycles. The summed E-state index contributed by atoms with van der Waals surface area (Å²) >= 11 is 0. The van der Waals surface area contributed by atoms with E-state index in [1.807, 2.05) is 30.3 Å². The highest BCUT2D eigenvalue weighted by atomic mass is 16.6. The standard InChI is InChI=1S/C14H20O3/c1-3-5-11-13(14(15)16-4-2)17-12-9-7-6-8-10-12/h6-10,13H,3-5,11H2,1-2H3. The van der Waals surface area contributed by atoms with E-state index in [9.17, 15) is 4.79 Å². The number of carbonyl (C=O) groups excluding carboxylic acids is 1. The second-order valence-electron chi connectivity index (χ2n) is 3.81. The molecule has 0 amide bonds. The number of hydrogen-bond donors (Lipinski definition) is 0. The summed E-state index contributed by atoms with van der Waals surface area (Å²) in [5.74, 6) is 0.437. The van der Waals surface area contributed by atoms with Gasteiger partial charge in [0.1, 0.15) is 5.75 Å². The minimum absolute atomic E-state index is 0.273. The van der Waals surface area contributed by atoms with E-state index in [0.717, 1.165) is 12.8 Å². The minimum Gasteiger partial charge on any atom is -0.479 e. The van der Waals surface area contributed by atoms with Crippen LogP contribution in [0.15, 0.2) is 30.3 Å². The maximum absolute atomic E-state index is 11.7. The van der Waals surface area contributed by atoms with E-state index in [4.69, 9.17) is 9.47 Å². The predicted molar refractivity (Wildman–Crippen MR) is 67.0 cm³/mol. The number of benzene rings is 1. The van der Waals surface area contributed by atoms with E-state index in [0.29, 0.717) is 18.8 Å². The molecule has 17 heavy (non-hydrogen) atoms. The molecule has 3 heteroatoms. The molecule has 3 nitrogen and oxygen atoms in total. The first-order chi connectivity index (χ1) is 8.27. The fraction of sp³-hybridized carbons (Fsp3) is 0.500. The van der Waals surface area contributed by atoms with Crippen molar-refractivity contribution in [3.8, 4) is 5.75 Å². The van der Waals surface area contributed by atoms with Crippen LogP contribution >= 0.6 is 0 Å². The van der Waals surface area contributed by atoms with Crippen LogP contribution in [-0.4, -0.2) is 18.7 Å². The molecular formula is C14H20O3. The van der Waals surface area contributed by atoms with Crippen LogP contribution in [0.5, 0.6) is 5.75 Å². The van der Waals surface area contributed by atoms with E-state index in [2.05, 4.69) is 6.92 Å². The van der Waals surface area contributed by atoms with Gasteiger partial charge >= 0.3 is 5.97 Å². The molecule has 0 radical (unpaired) electrons. The number of rotatable bonds is 7. The summed E-state index contributed by atoms with van der Waals surface area (Å²) in [6.45, 7) is 4.28. The van der Waals surface area contributed by atoms with Crippen molar-refractivity contribution in [1.82, 2.24) is 0 Å². The van der Waals surface area contributed by atoms with Crippen LogP contribution in [0.3, 0.4) is 0 Å². The van der Waals surface area contributed by atoms with Crippen LogP contribution in [0.1, 0.15) is 33.1 Å². The third kappa shape index (κ3) is 4.89. The zero-order valence-electron chi connectivity index (χ0n) is 10.5. The van der Waals surface area contributed by atoms with Crippen LogP contribution in [0.25, 0.3) is 0 Å². The SMILES string of the molecule is CCCCC(Oc1ccccc1)C(=O)OCC. The second kappa shape index (κ2) is 7.71. The lowest BCUT2D eigenvalue weighted by Crippen LogP contribution is -2.29. The van der Waals surface area contributed by atoms with Crippen LogP contribution in [0.4, 0.5) is 0 Å². The van der Waals surface area contributed by atoms with Gasteiger partial charge in [-0.3, -0.25) is 0 Å². The first-order valence-electron chi connectivity index (χ1n) is 6.16. The summed E-state index contributed by atoms with van der Waals surface area (Å²) in [4.78, 5) is 11.7. The van der Waals surface area contributed by atoms with E-state index in [-0.39, 0.29) is 5.97 Å². The Kier molecular flexibility index (Phi) is 6.15. The van der Waals surface area contributed by atoms with Gasteiger partial charge in [-0.05, 0) is 31.9 Å². The average Bonchev–Trinajstić information content (AvgIpc) is 2.36. The minimum atomic E-state index is -0.489. The Morgan fingerprint density at radius 1 is 1.24 bits per heavy atom. The lowest BCUT2D eigenvalue weighted by Gasteiger charge is -2.17. The van der Waals surface area contributed by atoms with Crippen molar-refractivity contribution >= 4 is 5.97 Å². The maximum Gasteiger partial charge on any atom is 0.347 e. The molecule has 1 unspecified atom stereocenters. The van der Waals surface area contributed by atoms with Gasteiger partial charge in [0.25, 0.3) is 0 Å². The molecule has 1 atom stereocenters. The molecule has 0 saturated carbocycles. The van der Waals surface area contributed by atoms with Crippen molar-refractivity contribution in [2.24, 2.45) is 0 Å². The van der Waals surface area contributed by atoms with Gasteiger partial charge in [0.05, 0.1) is 6.61 Å². The van der Waals surface area contributed by atoms with Crippen molar-refractivity contribution < 1.29 is 14.3 Å². The smallest absolute Gasteiger partial charge is 0.347 e. The van der Waals surface area contributed by atoms with Gasteiger partial charge in [-0.25, -0.2) is 4.79 Å². The zero-order valence-corrected chi connectivity index (χ0v) is 10.5. The van der Waals surface area contributed by atoms with Crippen LogP contribution in [0, 0.1) is 0 Å². The highest BCUT2D eigenvalue weighted by molar-refractivity contribution is 5.75. The number of unbranched alkanes of at least 4 members (excludes halogenated alkanes) is 1. The molecule has 0 bridgehead atoms. The Morgan fingerprint density at radius 2 is 1.94 bits per heavy atom. The Morgan fingerprint density at radius 3 is 2.53 bits per heavy atom. The second-order valence-corrected chi connectivity index (χ2v) is 3.81. The van der Waals surface area contributed by atoms with Crippen molar-refractivity contribution in [3.05, 3.63) is 30.3 Å². The lowest BCUT2D eigenvalue weighted by molar-refractivity contribution is -0.151. The topological polar surface area (TPSA) is 35.5 Å². The number of para-hydroxylation sites is 1. The summed E-state index contributed by atoms with van der Waals surface area (Å²) in [5.41, 5.74) is 0. The molecule has 1 rings (SSSR count). The molecule has 0 saturated heterocycles. The molecule has 0 N–H and O–H groups in total. The number of esters is 1. The highest BCUT2D eigenvalue weighted by Gasteiger charge is 2.20. The first kappa shape index (κ1) is 13.6. The van der Waals surface area contributed by atoms with Crippen molar-refractivity contribution in [3.63, 3.8) is 0 Å². The fourth-order valence-electron chi connectivity index (χ4n) is 1.51. The first-order valence-corrected chi connectivity index (χ1v) is 6.16. The Balaban J connectivity index is 2.59. The summed E-state index contributed by atoms with van der Waals surface area (Å²) < 4.78 is 10.7. The van der Waals surface area contributed by atoms with Gasteiger partial charge in [0, 0.05) is 0 Å². The molecule has 0 aliphatic carbocycles. The summed E-state index contributed by atoms with van der Waals surface area (Å²) in [5, 5.41) is 0. The Bertz CT molecular complexity index is 321. The van der Waals surface area contributed by atoms with Gasteiger partial charge in [-0.1, -0.05) is 31.5 Å². The third-order valence-corrected chi connectivity index (χ3v) is 2.39. The van der Waals surface area contributed by atoms with E-state index >= 15 is 0 Å². The van der Waals surface area contributed by atoms with Crippen molar-refractivity contribution in [2.75, 3.05) is 6.61 Å². The third-order valence-electron chi connectivity index (χ3n) is 2.39. The number of carbonyl (C=O) groups is 1. The van der Waals surface area contributed by atoms with Crippen LogP contribution < -0.4 is 4.74 Å². The molecule has 0 aromatic heterocycles. The maximum atomic E-state index is 11.7. The molecular weight excluding hydrogens is 216 g/mol. The fourth-order valence-corrected chi connectivity index (χ4v) is 1.51. The largest absolute Gasteiger partial charge is 0.479 e. The van der Waals surface area contributed by atoms with Crippen molar-refractivity contribution in [1.29, 1.82) is 0 Å². The van der Waals surface area contributed by atoms with E-state index in [1.165, 1.54) is 0 Å². The van der Waals surface area contributed by atoms with Gasteiger partial charge in [-0.15, -0.1) is 0 Å². The van der Waals surface area contributed by atoms with Crippen LogP contribution in [-0.2, 0) is 9.53 Å². The zero-order chi connectivity index (χ0) is 12.5. The summed E-state index contributed by atoms with van der Waals surface area (Å²) in [6, 6.07) is 9.38. The van der Waals surface area contributed by atoms with Gasteiger partial charge in [-0.2, -0.15) is 0 Å². The van der Waals surface area contributed by atoms with Crippen molar-refractivity contribution in [2.45, 2.75) is 39.2 Å². The van der Waals surface area contributed by atoms with E-state index < -0.39 is 6.10 Å². The molecule has 1 aromatic carbocycles. The summed E-state index contributed by atoms with van der Waals surface area (Å²) in [7, 11) is 0. The van der Waals surface area contributed by atoms with E-state index in [1.54, 1.807) is 6.92 Å². The van der Waals surface area contributed by atoms with Gasteiger partial charge in [0.2, 0.25) is 0 Å². The quantitative estimate of drug-likeness (QED) is 0.682. The number of ether oxygens (including phenoxy) is 2. The van der Waals surface area contributed by atoms with Gasteiger partial charge in [0.15, 0.2) is 6.10 Å². The monoisotopic (exact) mass is 236 g/mol. The Hall–Kier alpha value is -1.51. The molecule has 1 aromatic rings. The molecule has 0 fully saturated rings. The highest BCUT2D eigenvalue weighted by Crippen LogP contribution is 2.15. The molecule has 0 aliphatic heterocycles. The Labute approximate surface area is 103 Å². The number of hydrogen-bond acceptors (Lipinski definition) is 3. The summed E-state index contributed by atoms with van der Waals surface area (Å²) in [6.07, 6.45) is 2.20. The normalized spacial score (nSPS) is 11.9. The van der Waals surface area contributed by atoms with Gasteiger partial charge < -0.3 is 9.47 Å².